The van der Waals surface area contributed by atoms with Crippen molar-refractivity contribution in [2.45, 2.75) is 44.6 Å². The highest BCUT2D eigenvalue weighted by Crippen LogP contribution is 2.57. The van der Waals surface area contributed by atoms with Gasteiger partial charge in [0.25, 0.3) is 0 Å². The molecule has 1 aromatic carbocycles. The molecule has 1 atom stereocenters. The molecular formula is C18H24FN. The van der Waals surface area contributed by atoms with Crippen LogP contribution in [0.15, 0.2) is 24.3 Å². The van der Waals surface area contributed by atoms with Gasteiger partial charge in [0.1, 0.15) is 5.82 Å². The summed E-state index contributed by atoms with van der Waals surface area (Å²) in [6.45, 7) is 0. The lowest BCUT2D eigenvalue weighted by Gasteiger charge is -2.56. The van der Waals surface area contributed by atoms with Crippen LogP contribution in [0.3, 0.4) is 0 Å². The van der Waals surface area contributed by atoms with Crippen LogP contribution in [0.25, 0.3) is 0 Å². The number of halogens is 1. The largest absolute Gasteiger partial charge is 0.327 e. The lowest BCUT2D eigenvalue weighted by molar-refractivity contribution is -0.0465. The van der Waals surface area contributed by atoms with Crippen LogP contribution in [0.1, 0.15) is 37.7 Å². The second-order valence-corrected chi connectivity index (χ2v) is 7.47. The van der Waals surface area contributed by atoms with Crippen LogP contribution < -0.4 is 5.73 Å². The van der Waals surface area contributed by atoms with E-state index in [0.717, 1.165) is 29.2 Å². The monoisotopic (exact) mass is 273 g/mol. The minimum atomic E-state index is -0.0910. The van der Waals surface area contributed by atoms with Gasteiger partial charge in [-0.2, -0.15) is 0 Å². The SMILES string of the molecule is NC(Cc1ccccc1F)C1C2CC3CC(C2)CC1C3. The fraction of sp³-hybridized carbons (Fsp3) is 0.667. The Morgan fingerprint density at radius 3 is 2.20 bits per heavy atom. The van der Waals surface area contributed by atoms with Crippen LogP contribution in [0, 0.1) is 35.4 Å². The molecule has 4 saturated carbocycles. The number of nitrogens with two attached hydrogens (primary N) is 1. The number of benzene rings is 1. The van der Waals surface area contributed by atoms with Crippen molar-refractivity contribution in [3.8, 4) is 0 Å². The average Bonchev–Trinajstić information content (AvgIpc) is 2.40. The van der Waals surface area contributed by atoms with E-state index in [-0.39, 0.29) is 11.9 Å². The third kappa shape index (κ3) is 2.09. The predicted octanol–water partition coefficient (Wildman–Crippen LogP) is 3.77. The van der Waals surface area contributed by atoms with Crippen LogP contribution in [0.4, 0.5) is 4.39 Å². The zero-order chi connectivity index (χ0) is 13.7. The van der Waals surface area contributed by atoms with E-state index in [1.807, 2.05) is 12.1 Å². The summed E-state index contributed by atoms with van der Waals surface area (Å²) < 4.78 is 13.8. The topological polar surface area (TPSA) is 26.0 Å². The van der Waals surface area contributed by atoms with Crippen LogP contribution in [0.5, 0.6) is 0 Å². The van der Waals surface area contributed by atoms with Gasteiger partial charge in [-0.05, 0) is 79.7 Å². The Kier molecular flexibility index (Phi) is 3.10. The molecule has 5 rings (SSSR count). The molecule has 2 N–H and O–H groups in total. The van der Waals surface area contributed by atoms with Gasteiger partial charge < -0.3 is 5.73 Å². The van der Waals surface area contributed by atoms with E-state index >= 15 is 0 Å². The van der Waals surface area contributed by atoms with E-state index < -0.39 is 0 Å². The maximum Gasteiger partial charge on any atom is 0.126 e. The molecule has 2 heteroatoms. The number of hydrogen-bond donors (Lipinski definition) is 1. The van der Waals surface area contributed by atoms with Crippen molar-refractivity contribution in [3.63, 3.8) is 0 Å². The van der Waals surface area contributed by atoms with Crippen molar-refractivity contribution in [1.82, 2.24) is 0 Å². The van der Waals surface area contributed by atoms with Gasteiger partial charge in [-0.25, -0.2) is 4.39 Å². The Labute approximate surface area is 120 Å². The third-order valence-electron chi connectivity index (χ3n) is 6.21. The molecule has 20 heavy (non-hydrogen) atoms. The molecule has 0 amide bonds. The molecule has 1 aromatic rings. The summed E-state index contributed by atoms with van der Waals surface area (Å²) in [4.78, 5) is 0. The van der Waals surface area contributed by atoms with Crippen LogP contribution in [-0.4, -0.2) is 6.04 Å². The molecule has 0 heterocycles. The highest BCUT2D eigenvalue weighted by Gasteiger charge is 2.49. The Morgan fingerprint density at radius 1 is 1.00 bits per heavy atom. The van der Waals surface area contributed by atoms with Gasteiger partial charge >= 0.3 is 0 Å². The molecule has 0 saturated heterocycles. The second kappa shape index (κ2) is 4.84. The van der Waals surface area contributed by atoms with E-state index in [0.29, 0.717) is 12.3 Å². The molecule has 108 valence electrons. The zero-order valence-electron chi connectivity index (χ0n) is 12.0. The van der Waals surface area contributed by atoms with Crippen molar-refractivity contribution in [1.29, 1.82) is 0 Å². The molecule has 0 radical (unpaired) electrons. The van der Waals surface area contributed by atoms with E-state index in [9.17, 15) is 4.39 Å². The molecule has 0 aliphatic heterocycles. The summed E-state index contributed by atoms with van der Waals surface area (Å²) in [5.41, 5.74) is 7.33. The quantitative estimate of drug-likeness (QED) is 0.891. The lowest BCUT2D eigenvalue weighted by atomic mass is 9.50. The summed E-state index contributed by atoms with van der Waals surface area (Å²) in [6.07, 6.45) is 7.75. The molecular weight excluding hydrogens is 249 g/mol. The summed E-state index contributed by atoms with van der Waals surface area (Å²) in [7, 11) is 0. The van der Waals surface area contributed by atoms with Gasteiger partial charge in [0.15, 0.2) is 0 Å². The highest BCUT2D eigenvalue weighted by molar-refractivity contribution is 5.19. The van der Waals surface area contributed by atoms with Gasteiger partial charge in [-0.3, -0.25) is 0 Å². The first-order valence-electron chi connectivity index (χ1n) is 8.19. The van der Waals surface area contributed by atoms with E-state index in [1.54, 1.807) is 12.1 Å². The molecule has 1 nitrogen and oxygen atoms in total. The smallest absolute Gasteiger partial charge is 0.126 e. The second-order valence-electron chi connectivity index (χ2n) is 7.47. The van der Waals surface area contributed by atoms with Crippen LogP contribution >= 0.6 is 0 Å². The van der Waals surface area contributed by atoms with Gasteiger partial charge in [0.2, 0.25) is 0 Å². The van der Waals surface area contributed by atoms with Crippen LogP contribution in [-0.2, 0) is 6.42 Å². The Morgan fingerprint density at radius 2 is 1.60 bits per heavy atom. The fourth-order valence-electron chi connectivity index (χ4n) is 5.72. The van der Waals surface area contributed by atoms with Gasteiger partial charge in [-0.15, -0.1) is 0 Å². The van der Waals surface area contributed by atoms with E-state index in [4.69, 9.17) is 5.73 Å². The maximum atomic E-state index is 13.8. The normalized spacial score (nSPS) is 40.0. The van der Waals surface area contributed by atoms with Crippen molar-refractivity contribution in [2.75, 3.05) is 0 Å². The molecule has 1 unspecified atom stereocenters. The molecule has 0 aromatic heterocycles. The first-order valence-corrected chi connectivity index (χ1v) is 8.19. The van der Waals surface area contributed by atoms with Gasteiger partial charge in [0, 0.05) is 6.04 Å². The first-order chi connectivity index (χ1) is 9.70. The van der Waals surface area contributed by atoms with Crippen molar-refractivity contribution >= 4 is 0 Å². The molecule has 0 spiro atoms. The fourth-order valence-corrected chi connectivity index (χ4v) is 5.72. The predicted molar refractivity (Wildman–Crippen MR) is 78.6 cm³/mol. The number of hydrogen-bond acceptors (Lipinski definition) is 1. The number of rotatable bonds is 3. The van der Waals surface area contributed by atoms with Crippen molar-refractivity contribution < 1.29 is 4.39 Å². The van der Waals surface area contributed by atoms with Gasteiger partial charge in [-0.1, -0.05) is 18.2 Å². The summed E-state index contributed by atoms with van der Waals surface area (Å²) in [5, 5.41) is 0. The molecule has 4 aliphatic rings. The van der Waals surface area contributed by atoms with E-state index in [2.05, 4.69) is 0 Å². The maximum absolute atomic E-state index is 13.8. The van der Waals surface area contributed by atoms with Crippen molar-refractivity contribution in [3.05, 3.63) is 35.6 Å². The molecule has 4 bridgehead atoms. The molecule has 4 fully saturated rings. The zero-order valence-corrected chi connectivity index (χ0v) is 12.0. The Hall–Kier alpha value is -0.890. The van der Waals surface area contributed by atoms with Gasteiger partial charge in [0.05, 0.1) is 0 Å². The van der Waals surface area contributed by atoms with E-state index in [1.165, 1.54) is 32.1 Å². The minimum Gasteiger partial charge on any atom is -0.327 e. The van der Waals surface area contributed by atoms with Crippen LogP contribution in [0.2, 0.25) is 0 Å². The minimum absolute atomic E-state index is 0.0910. The summed E-state index contributed by atoms with van der Waals surface area (Å²) in [5.74, 6) is 4.17. The summed E-state index contributed by atoms with van der Waals surface area (Å²) in [6, 6.07) is 7.27. The van der Waals surface area contributed by atoms with Crippen molar-refractivity contribution in [2.24, 2.45) is 35.3 Å². The Balaban J connectivity index is 1.51. The highest BCUT2D eigenvalue weighted by atomic mass is 19.1. The molecule has 4 aliphatic carbocycles. The third-order valence-corrected chi connectivity index (χ3v) is 6.21. The average molecular weight is 273 g/mol. The Bertz CT molecular complexity index is 470. The standard InChI is InChI=1S/C18H24FN/c19-16-4-2-1-3-13(16)10-17(20)18-14-6-11-5-12(8-14)9-15(18)7-11/h1-4,11-12,14-15,17-18H,5-10,20H2. The lowest BCUT2D eigenvalue weighted by Crippen LogP contribution is -2.52. The first kappa shape index (κ1) is 12.8. The summed E-state index contributed by atoms with van der Waals surface area (Å²) >= 11 is 0.